The van der Waals surface area contributed by atoms with Crippen molar-refractivity contribution < 1.29 is 0 Å². The van der Waals surface area contributed by atoms with E-state index in [1.165, 1.54) is 11.1 Å². The molecule has 0 spiro atoms. The van der Waals surface area contributed by atoms with Crippen LogP contribution in [0.25, 0.3) is 17.0 Å². The standard InChI is InChI=1S/C15H15BrClN/c1-9-4-5-12-8-13(7-10(2)11(3)16)15(17)18-14(12)6-9/h4-8,11H,1-3H3/b10-7+. The van der Waals surface area contributed by atoms with Gasteiger partial charge in [0.25, 0.3) is 0 Å². The molecule has 1 aromatic carbocycles. The average Bonchev–Trinajstić information content (AvgIpc) is 2.30. The van der Waals surface area contributed by atoms with Gasteiger partial charge in [0.2, 0.25) is 0 Å². The molecule has 1 heterocycles. The zero-order chi connectivity index (χ0) is 13.3. The van der Waals surface area contributed by atoms with Crippen molar-refractivity contribution in [3.8, 4) is 0 Å². The summed E-state index contributed by atoms with van der Waals surface area (Å²) in [6.45, 7) is 6.23. The van der Waals surface area contributed by atoms with E-state index in [9.17, 15) is 0 Å². The number of hydrogen-bond donors (Lipinski definition) is 0. The molecule has 1 atom stereocenters. The van der Waals surface area contributed by atoms with E-state index in [4.69, 9.17) is 11.6 Å². The first-order valence-corrected chi connectivity index (χ1v) is 7.16. The number of alkyl halides is 1. The molecule has 18 heavy (non-hydrogen) atoms. The summed E-state index contributed by atoms with van der Waals surface area (Å²) in [7, 11) is 0. The van der Waals surface area contributed by atoms with Crippen molar-refractivity contribution in [1.82, 2.24) is 4.98 Å². The van der Waals surface area contributed by atoms with Crippen molar-refractivity contribution in [1.29, 1.82) is 0 Å². The number of nitrogens with zero attached hydrogens (tertiary/aromatic N) is 1. The third kappa shape index (κ3) is 2.93. The van der Waals surface area contributed by atoms with Crippen LogP contribution in [-0.4, -0.2) is 9.81 Å². The van der Waals surface area contributed by atoms with Gasteiger partial charge in [-0.25, -0.2) is 4.98 Å². The number of fused-ring (bicyclic) bond motifs is 1. The topological polar surface area (TPSA) is 12.9 Å². The lowest BCUT2D eigenvalue weighted by molar-refractivity contribution is 1.15. The van der Waals surface area contributed by atoms with E-state index in [0.29, 0.717) is 9.98 Å². The first-order valence-electron chi connectivity index (χ1n) is 5.86. The van der Waals surface area contributed by atoms with Crippen LogP contribution in [0.4, 0.5) is 0 Å². The molecule has 0 bridgehead atoms. The number of benzene rings is 1. The molecule has 94 valence electrons. The lowest BCUT2D eigenvalue weighted by atomic mass is 10.1. The minimum Gasteiger partial charge on any atom is -0.235 e. The largest absolute Gasteiger partial charge is 0.235 e. The molecule has 2 rings (SSSR count). The van der Waals surface area contributed by atoms with Crippen LogP contribution in [-0.2, 0) is 0 Å². The molecule has 0 radical (unpaired) electrons. The molecular weight excluding hydrogens is 310 g/mol. The molecule has 2 aromatic rings. The number of hydrogen-bond acceptors (Lipinski definition) is 1. The molecule has 0 aliphatic carbocycles. The maximum Gasteiger partial charge on any atom is 0.136 e. The van der Waals surface area contributed by atoms with Crippen molar-refractivity contribution in [3.05, 3.63) is 46.1 Å². The van der Waals surface area contributed by atoms with Crippen molar-refractivity contribution in [2.75, 3.05) is 0 Å². The normalized spacial score (nSPS) is 13.9. The summed E-state index contributed by atoms with van der Waals surface area (Å²) in [5, 5.41) is 1.67. The fourth-order valence-corrected chi connectivity index (χ4v) is 2.06. The van der Waals surface area contributed by atoms with E-state index in [1.54, 1.807) is 0 Å². The van der Waals surface area contributed by atoms with Crippen LogP contribution in [0, 0.1) is 6.92 Å². The summed E-state index contributed by atoms with van der Waals surface area (Å²) >= 11 is 9.78. The Bertz CT molecular complexity index is 617. The zero-order valence-electron chi connectivity index (χ0n) is 10.7. The van der Waals surface area contributed by atoms with Crippen molar-refractivity contribution in [3.63, 3.8) is 0 Å². The summed E-state index contributed by atoms with van der Waals surface area (Å²) in [4.78, 5) is 4.79. The van der Waals surface area contributed by atoms with E-state index in [2.05, 4.69) is 72.0 Å². The number of rotatable bonds is 2. The number of allylic oxidation sites excluding steroid dienone is 1. The minimum absolute atomic E-state index is 0.335. The van der Waals surface area contributed by atoms with Gasteiger partial charge < -0.3 is 0 Å². The van der Waals surface area contributed by atoms with Gasteiger partial charge >= 0.3 is 0 Å². The molecule has 0 aliphatic rings. The Hall–Kier alpha value is -0.860. The van der Waals surface area contributed by atoms with Gasteiger partial charge in [0.15, 0.2) is 0 Å². The smallest absolute Gasteiger partial charge is 0.136 e. The van der Waals surface area contributed by atoms with Crippen molar-refractivity contribution in [2.24, 2.45) is 0 Å². The minimum atomic E-state index is 0.335. The van der Waals surface area contributed by atoms with E-state index in [-0.39, 0.29) is 0 Å². The summed E-state index contributed by atoms with van der Waals surface area (Å²) in [6, 6.07) is 8.31. The van der Waals surface area contributed by atoms with Crippen molar-refractivity contribution >= 4 is 44.5 Å². The quantitative estimate of drug-likeness (QED) is 0.533. The highest BCUT2D eigenvalue weighted by Gasteiger charge is 2.05. The van der Waals surface area contributed by atoms with Crippen molar-refractivity contribution in [2.45, 2.75) is 25.6 Å². The van der Waals surface area contributed by atoms with Crippen LogP contribution < -0.4 is 0 Å². The van der Waals surface area contributed by atoms with Gasteiger partial charge in [-0.2, -0.15) is 0 Å². The maximum absolute atomic E-state index is 6.23. The van der Waals surface area contributed by atoms with Crippen LogP contribution in [0.1, 0.15) is 25.0 Å². The Balaban J connectivity index is 2.56. The predicted octanol–water partition coefficient (Wildman–Crippen LogP) is 5.38. The monoisotopic (exact) mass is 323 g/mol. The molecule has 1 aromatic heterocycles. The van der Waals surface area contributed by atoms with Gasteiger partial charge in [-0.05, 0) is 38.5 Å². The van der Waals surface area contributed by atoms with Gasteiger partial charge in [0.05, 0.1) is 5.52 Å². The van der Waals surface area contributed by atoms with Gasteiger partial charge in [0, 0.05) is 15.8 Å². The molecule has 1 unspecified atom stereocenters. The van der Waals surface area contributed by atoms with Crippen LogP contribution >= 0.6 is 27.5 Å². The fraction of sp³-hybridized carbons (Fsp3) is 0.267. The van der Waals surface area contributed by atoms with E-state index < -0.39 is 0 Å². The molecule has 0 aliphatic heterocycles. The summed E-state index contributed by atoms with van der Waals surface area (Å²) < 4.78 is 0. The summed E-state index contributed by atoms with van der Waals surface area (Å²) in [5.74, 6) is 0. The second-order valence-electron chi connectivity index (χ2n) is 4.57. The fourth-order valence-electron chi connectivity index (χ4n) is 1.73. The molecule has 3 heteroatoms. The number of pyridine rings is 1. The van der Waals surface area contributed by atoms with E-state index >= 15 is 0 Å². The molecule has 0 amide bonds. The molecule has 0 saturated heterocycles. The zero-order valence-corrected chi connectivity index (χ0v) is 13.0. The summed E-state index contributed by atoms with van der Waals surface area (Å²) in [5.41, 5.74) is 4.34. The third-order valence-electron chi connectivity index (χ3n) is 2.96. The third-order valence-corrected chi connectivity index (χ3v) is 3.99. The van der Waals surface area contributed by atoms with Crippen LogP contribution in [0.3, 0.4) is 0 Å². The average molecular weight is 325 g/mol. The second kappa shape index (κ2) is 5.41. The van der Waals surface area contributed by atoms with Gasteiger partial charge in [-0.15, -0.1) is 0 Å². The molecule has 0 saturated carbocycles. The number of halogens is 2. The Morgan fingerprint density at radius 1 is 1.39 bits per heavy atom. The predicted molar refractivity (Wildman–Crippen MR) is 83.5 cm³/mol. The lowest BCUT2D eigenvalue weighted by Gasteiger charge is -2.06. The Morgan fingerprint density at radius 2 is 2.11 bits per heavy atom. The number of aryl methyl sites for hydroxylation is 1. The first kappa shape index (κ1) is 13.6. The maximum atomic E-state index is 6.23. The van der Waals surface area contributed by atoms with Crippen LogP contribution in [0.15, 0.2) is 29.8 Å². The van der Waals surface area contributed by atoms with Crippen LogP contribution in [0.5, 0.6) is 0 Å². The summed E-state index contributed by atoms with van der Waals surface area (Å²) in [6.07, 6.45) is 2.08. The molecule has 1 nitrogen and oxygen atoms in total. The van der Waals surface area contributed by atoms with E-state index in [0.717, 1.165) is 16.5 Å². The highest BCUT2D eigenvalue weighted by Crippen LogP contribution is 2.25. The van der Waals surface area contributed by atoms with E-state index in [1.807, 2.05) is 0 Å². The molecule has 0 fully saturated rings. The van der Waals surface area contributed by atoms with Gasteiger partial charge in [-0.3, -0.25) is 0 Å². The Labute approximate surface area is 121 Å². The van der Waals surface area contributed by atoms with Gasteiger partial charge in [0.1, 0.15) is 5.15 Å². The molecule has 0 N–H and O–H groups in total. The Kier molecular flexibility index (Phi) is 4.08. The highest BCUT2D eigenvalue weighted by atomic mass is 79.9. The number of aromatic nitrogens is 1. The first-order chi connectivity index (χ1) is 8.47. The highest BCUT2D eigenvalue weighted by molar-refractivity contribution is 9.09. The lowest BCUT2D eigenvalue weighted by Crippen LogP contribution is -1.92. The second-order valence-corrected chi connectivity index (χ2v) is 6.30. The van der Waals surface area contributed by atoms with Gasteiger partial charge in [-0.1, -0.05) is 51.3 Å². The Morgan fingerprint density at radius 3 is 2.78 bits per heavy atom. The van der Waals surface area contributed by atoms with Crippen LogP contribution in [0.2, 0.25) is 5.15 Å². The SMILES string of the molecule is C/C(=C\c1cc2ccc(C)cc2nc1Cl)C(C)Br. The molecular formula is C15H15BrClN.